The summed E-state index contributed by atoms with van der Waals surface area (Å²) in [4.78, 5) is 26.9. The average molecular weight is 341 g/mol. The third-order valence-corrected chi connectivity index (χ3v) is 4.37. The summed E-state index contributed by atoms with van der Waals surface area (Å²) in [7, 11) is 0. The minimum Gasteiger partial charge on any atom is -0.352 e. The summed E-state index contributed by atoms with van der Waals surface area (Å²) in [6.45, 7) is 1.91. The number of hydrogen-bond donors (Lipinski definition) is 3. The molecule has 1 fully saturated rings. The van der Waals surface area contributed by atoms with E-state index >= 15 is 0 Å². The minimum atomic E-state index is -0.213. The summed E-state index contributed by atoms with van der Waals surface area (Å²) in [6.07, 6.45) is 3.65. The van der Waals surface area contributed by atoms with Gasteiger partial charge in [-0.15, -0.1) is 0 Å². The van der Waals surface area contributed by atoms with Crippen LogP contribution in [-0.2, 0) is 4.79 Å². The second-order valence-corrected chi connectivity index (χ2v) is 6.40. The monoisotopic (exact) mass is 341 g/mol. The maximum absolute atomic E-state index is 12.3. The highest BCUT2D eigenvalue weighted by atomic mass is 32.1. The summed E-state index contributed by atoms with van der Waals surface area (Å²) in [5.74, 6) is 0.0519. The second-order valence-electron chi connectivity index (χ2n) is 5.99. The molecular weight excluding hydrogens is 322 g/mol. The van der Waals surface area contributed by atoms with Crippen molar-refractivity contribution in [3.05, 3.63) is 58.4 Å². The molecule has 1 aliphatic carbocycles. The van der Waals surface area contributed by atoms with E-state index in [1.807, 2.05) is 31.2 Å². The van der Waals surface area contributed by atoms with Crippen molar-refractivity contribution < 1.29 is 9.59 Å². The van der Waals surface area contributed by atoms with E-state index in [1.54, 1.807) is 18.3 Å². The van der Waals surface area contributed by atoms with Crippen molar-refractivity contribution in [1.29, 1.82) is 0 Å². The lowest BCUT2D eigenvalue weighted by atomic mass is 10.1. The molecule has 2 aromatic rings. The topological polar surface area (TPSA) is 74.0 Å². The first-order chi connectivity index (χ1) is 11.5. The Morgan fingerprint density at radius 2 is 1.92 bits per heavy atom. The zero-order chi connectivity index (χ0) is 17.1. The van der Waals surface area contributed by atoms with Crippen LogP contribution in [0.5, 0.6) is 0 Å². The predicted molar refractivity (Wildman–Crippen MR) is 95.3 cm³/mol. The lowest BCUT2D eigenvalue weighted by Gasteiger charge is -2.15. The number of nitrogens with one attached hydrogen (secondary N) is 3. The van der Waals surface area contributed by atoms with E-state index in [0.29, 0.717) is 10.2 Å². The van der Waals surface area contributed by atoms with Crippen LogP contribution in [0, 0.1) is 10.6 Å². The van der Waals surface area contributed by atoms with Gasteiger partial charge in [-0.2, -0.15) is 0 Å². The number of amides is 2. The molecule has 124 valence electrons. The van der Waals surface area contributed by atoms with Crippen LogP contribution in [-0.4, -0.2) is 16.8 Å². The first-order valence-electron chi connectivity index (χ1n) is 7.94. The van der Waals surface area contributed by atoms with Gasteiger partial charge in [0.1, 0.15) is 4.64 Å². The van der Waals surface area contributed by atoms with Crippen LogP contribution >= 0.6 is 12.2 Å². The number of carbonyl (C=O) groups is 2. The number of H-pyrrole nitrogens is 1. The minimum absolute atomic E-state index is 0.0856. The number of benzene rings is 1. The van der Waals surface area contributed by atoms with Gasteiger partial charge in [0.05, 0.1) is 11.6 Å². The zero-order valence-electron chi connectivity index (χ0n) is 13.3. The van der Waals surface area contributed by atoms with Crippen LogP contribution in [0.1, 0.15) is 41.7 Å². The maximum Gasteiger partial charge on any atom is 0.254 e. The number of carbonyl (C=O) groups excluding carboxylic acids is 2. The lowest BCUT2D eigenvalue weighted by molar-refractivity contribution is -0.117. The van der Waals surface area contributed by atoms with Crippen molar-refractivity contribution in [2.45, 2.75) is 25.8 Å². The molecule has 0 bridgehead atoms. The molecule has 1 aliphatic rings. The Labute approximate surface area is 145 Å². The van der Waals surface area contributed by atoms with E-state index in [4.69, 9.17) is 12.2 Å². The number of rotatable bonds is 5. The Hall–Kier alpha value is -2.47. The first kappa shape index (κ1) is 16.4. The standard InChI is InChI=1S/C18H19N3O2S/c1-11(20-17(23)15-3-2-10-19-18(15)24)12-6-8-14(9-7-12)21-16(22)13-4-5-13/h2-3,6-11,13H,4-5H2,1H3,(H,19,24)(H,20,23)(H,21,22). The number of hydrogen-bond acceptors (Lipinski definition) is 3. The van der Waals surface area contributed by atoms with Gasteiger partial charge < -0.3 is 15.6 Å². The molecule has 0 radical (unpaired) electrons. The van der Waals surface area contributed by atoms with E-state index < -0.39 is 0 Å². The van der Waals surface area contributed by atoms with Gasteiger partial charge in [0.2, 0.25) is 5.91 Å². The molecule has 1 saturated carbocycles. The number of aromatic amines is 1. The second kappa shape index (κ2) is 6.97. The van der Waals surface area contributed by atoms with Gasteiger partial charge in [-0.3, -0.25) is 9.59 Å². The van der Waals surface area contributed by atoms with Crippen LogP contribution in [0.3, 0.4) is 0 Å². The van der Waals surface area contributed by atoms with Gasteiger partial charge in [0, 0.05) is 17.8 Å². The highest BCUT2D eigenvalue weighted by molar-refractivity contribution is 7.71. The predicted octanol–water partition coefficient (Wildman–Crippen LogP) is 3.58. The van der Waals surface area contributed by atoms with Gasteiger partial charge in [0.15, 0.2) is 0 Å². The molecule has 1 aromatic carbocycles. The molecule has 5 nitrogen and oxygen atoms in total. The summed E-state index contributed by atoms with van der Waals surface area (Å²) >= 11 is 5.12. The van der Waals surface area contributed by atoms with Crippen LogP contribution in [0.25, 0.3) is 0 Å². The number of aromatic nitrogens is 1. The smallest absolute Gasteiger partial charge is 0.254 e. The van der Waals surface area contributed by atoms with E-state index in [1.165, 1.54) is 0 Å². The van der Waals surface area contributed by atoms with Crippen molar-refractivity contribution in [3.8, 4) is 0 Å². The molecule has 0 spiro atoms. The van der Waals surface area contributed by atoms with Gasteiger partial charge in [0.25, 0.3) is 5.91 Å². The Kier molecular flexibility index (Phi) is 4.76. The number of anilines is 1. The Balaban J connectivity index is 1.63. The van der Waals surface area contributed by atoms with Crippen LogP contribution in [0.15, 0.2) is 42.6 Å². The van der Waals surface area contributed by atoms with Crippen molar-refractivity contribution in [2.75, 3.05) is 5.32 Å². The summed E-state index contributed by atoms with van der Waals surface area (Å²) in [6, 6.07) is 10.8. The lowest BCUT2D eigenvalue weighted by Crippen LogP contribution is -2.27. The largest absolute Gasteiger partial charge is 0.352 e. The summed E-state index contributed by atoms with van der Waals surface area (Å²) < 4.78 is 0.417. The Morgan fingerprint density at radius 1 is 1.21 bits per heavy atom. The molecule has 1 aromatic heterocycles. The van der Waals surface area contributed by atoms with Crippen LogP contribution in [0.4, 0.5) is 5.69 Å². The van der Waals surface area contributed by atoms with Crippen LogP contribution < -0.4 is 10.6 Å². The van der Waals surface area contributed by atoms with Gasteiger partial charge in [-0.05, 0) is 49.6 Å². The van der Waals surface area contributed by atoms with Crippen LogP contribution in [0.2, 0.25) is 0 Å². The van der Waals surface area contributed by atoms with E-state index in [2.05, 4.69) is 15.6 Å². The van der Waals surface area contributed by atoms with E-state index in [0.717, 1.165) is 24.1 Å². The third kappa shape index (κ3) is 3.89. The summed E-state index contributed by atoms with van der Waals surface area (Å²) in [5.41, 5.74) is 2.19. The highest BCUT2D eigenvalue weighted by Crippen LogP contribution is 2.30. The van der Waals surface area contributed by atoms with E-state index in [-0.39, 0.29) is 23.8 Å². The average Bonchev–Trinajstić information content (AvgIpc) is 3.40. The number of pyridine rings is 1. The fourth-order valence-electron chi connectivity index (χ4n) is 2.40. The Bertz CT molecular complexity index is 810. The Morgan fingerprint density at radius 3 is 2.54 bits per heavy atom. The molecular formula is C18H19N3O2S. The molecule has 1 heterocycles. The molecule has 6 heteroatoms. The molecule has 1 unspecified atom stereocenters. The molecule has 3 rings (SSSR count). The third-order valence-electron chi connectivity index (χ3n) is 4.04. The normalized spacial score (nSPS) is 14.7. The molecule has 2 amide bonds. The highest BCUT2D eigenvalue weighted by Gasteiger charge is 2.29. The van der Waals surface area contributed by atoms with Gasteiger partial charge in [-0.25, -0.2) is 0 Å². The SMILES string of the molecule is CC(NC(=O)c1ccc[nH]c1=S)c1ccc(NC(=O)C2CC2)cc1. The molecule has 3 N–H and O–H groups in total. The summed E-state index contributed by atoms with van der Waals surface area (Å²) in [5, 5.41) is 5.83. The fourth-order valence-corrected chi connectivity index (χ4v) is 2.63. The molecule has 24 heavy (non-hydrogen) atoms. The molecule has 1 atom stereocenters. The quantitative estimate of drug-likeness (QED) is 0.728. The van der Waals surface area contributed by atoms with E-state index in [9.17, 15) is 9.59 Å². The van der Waals surface area contributed by atoms with Gasteiger partial charge >= 0.3 is 0 Å². The van der Waals surface area contributed by atoms with Crippen molar-refractivity contribution in [3.63, 3.8) is 0 Å². The van der Waals surface area contributed by atoms with Crippen molar-refractivity contribution in [2.24, 2.45) is 5.92 Å². The molecule has 0 saturated heterocycles. The maximum atomic E-state index is 12.3. The van der Waals surface area contributed by atoms with Crippen molar-refractivity contribution in [1.82, 2.24) is 10.3 Å². The fraction of sp³-hybridized carbons (Fsp3) is 0.278. The zero-order valence-corrected chi connectivity index (χ0v) is 14.2. The first-order valence-corrected chi connectivity index (χ1v) is 8.35. The molecule has 0 aliphatic heterocycles. The van der Waals surface area contributed by atoms with Gasteiger partial charge in [-0.1, -0.05) is 24.4 Å². The van der Waals surface area contributed by atoms with Crippen molar-refractivity contribution >= 4 is 29.7 Å².